The molecule has 2 heterocycles. The maximum Gasteiger partial charge on any atom is 0.251 e. The molecule has 4 rings (SSSR count). The molecule has 1 fully saturated rings. The predicted octanol–water partition coefficient (Wildman–Crippen LogP) is 3.32. The van der Waals surface area contributed by atoms with Gasteiger partial charge in [0.2, 0.25) is 10.0 Å². The van der Waals surface area contributed by atoms with Gasteiger partial charge in [0, 0.05) is 70.8 Å². The van der Waals surface area contributed by atoms with Crippen molar-refractivity contribution in [1.82, 2.24) is 19.5 Å². The minimum absolute atomic E-state index is 0.00591. The number of amides is 1. The van der Waals surface area contributed by atoms with E-state index >= 15 is 0 Å². The van der Waals surface area contributed by atoms with Crippen molar-refractivity contribution in [3.8, 4) is 12.1 Å². The Morgan fingerprint density at radius 1 is 1.05 bits per heavy atom. The van der Waals surface area contributed by atoms with Crippen molar-refractivity contribution in [3.05, 3.63) is 53.1 Å². The Morgan fingerprint density at radius 2 is 1.72 bits per heavy atom. The fourth-order valence-electron chi connectivity index (χ4n) is 4.26. The number of anilines is 1. The molecule has 0 bridgehead atoms. The summed E-state index contributed by atoms with van der Waals surface area (Å²) >= 11 is 7.91. The average molecular weight is 586 g/mol. The van der Waals surface area contributed by atoms with Crippen LogP contribution in [0.3, 0.4) is 0 Å². The number of hydrogen-bond donors (Lipinski definition) is 1. The van der Waals surface area contributed by atoms with Gasteiger partial charge in [0.05, 0.1) is 26.8 Å². The first-order valence-electron chi connectivity index (χ1n) is 12.5. The van der Waals surface area contributed by atoms with E-state index in [4.69, 9.17) is 27.1 Å². The van der Waals surface area contributed by atoms with Gasteiger partial charge in [-0.2, -0.15) is 14.8 Å². The molecular weight excluding hydrogens is 558 g/mol. The Hall–Kier alpha value is -3.26. The van der Waals surface area contributed by atoms with Crippen LogP contribution < -0.4 is 10.2 Å². The summed E-state index contributed by atoms with van der Waals surface area (Å²) < 4.78 is 28.1. The lowest BCUT2D eigenvalue weighted by Gasteiger charge is -2.34. The zero-order valence-electron chi connectivity index (χ0n) is 21.2. The first-order chi connectivity index (χ1) is 18.8. The van der Waals surface area contributed by atoms with Crippen LogP contribution in [0, 0.1) is 22.7 Å². The Kier molecular flexibility index (Phi) is 9.73. The molecule has 2 aromatic carbocycles. The number of para-hydroxylation sites is 1. The number of thiazole rings is 1. The van der Waals surface area contributed by atoms with Crippen LogP contribution in [0.15, 0.2) is 47.4 Å². The Morgan fingerprint density at radius 3 is 2.33 bits per heavy atom. The van der Waals surface area contributed by atoms with Gasteiger partial charge >= 0.3 is 0 Å². The van der Waals surface area contributed by atoms with Crippen LogP contribution in [-0.2, 0) is 10.0 Å². The number of carbonyl (C=O) groups is 1. The van der Waals surface area contributed by atoms with Crippen LogP contribution in [-0.4, -0.2) is 80.9 Å². The summed E-state index contributed by atoms with van der Waals surface area (Å²) in [5, 5.41) is 22.2. The molecule has 1 aliphatic heterocycles. The summed E-state index contributed by atoms with van der Waals surface area (Å²) in [4.78, 5) is 21.9. The fourth-order valence-corrected chi connectivity index (χ4v) is 7.02. The molecule has 39 heavy (non-hydrogen) atoms. The van der Waals surface area contributed by atoms with Crippen molar-refractivity contribution in [3.63, 3.8) is 0 Å². The summed E-state index contributed by atoms with van der Waals surface area (Å²) in [6, 6.07) is 15.4. The van der Waals surface area contributed by atoms with E-state index in [1.807, 2.05) is 30.3 Å². The normalized spacial score (nSPS) is 14.3. The standard InChI is InChI=1S/C26H28ClN7O3S2/c27-22-4-1-5-23-24(22)31-26(38-23)33-18-16-32(17-19-33)15-12-30-25(35)20-6-8-21(9-7-20)39(36,37)34(13-2-10-28)14-3-11-29/h1,4-9H,2-3,12-19H2,(H,30,35). The second-order valence-electron chi connectivity index (χ2n) is 8.91. The SMILES string of the molecule is N#CCCN(CCC#N)S(=O)(=O)c1ccc(C(=O)NCCN2CCN(c3nc4c(Cl)cccc4s3)CC2)cc1. The maximum atomic E-state index is 12.9. The molecule has 0 saturated carbocycles. The third-order valence-corrected chi connectivity index (χ3v) is 9.71. The van der Waals surface area contributed by atoms with Gasteiger partial charge in [-0.1, -0.05) is 29.0 Å². The van der Waals surface area contributed by atoms with E-state index in [-0.39, 0.29) is 36.7 Å². The summed E-state index contributed by atoms with van der Waals surface area (Å²) in [6.07, 6.45) is 0.0497. The molecule has 1 aromatic heterocycles. The first-order valence-corrected chi connectivity index (χ1v) is 15.1. The zero-order chi connectivity index (χ0) is 27.8. The molecule has 13 heteroatoms. The van der Waals surface area contributed by atoms with Gasteiger partial charge in [-0.25, -0.2) is 13.4 Å². The maximum absolute atomic E-state index is 12.9. The monoisotopic (exact) mass is 585 g/mol. The molecule has 1 N–H and O–H groups in total. The number of aromatic nitrogens is 1. The van der Waals surface area contributed by atoms with Crippen molar-refractivity contribution in [2.45, 2.75) is 17.7 Å². The Balaban J connectivity index is 1.25. The van der Waals surface area contributed by atoms with Gasteiger partial charge in [-0.3, -0.25) is 9.69 Å². The molecule has 1 amide bonds. The number of nitriles is 2. The van der Waals surface area contributed by atoms with Crippen molar-refractivity contribution in [1.29, 1.82) is 10.5 Å². The van der Waals surface area contributed by atoms with Gasteiger partial charge in [0.1, 0.15) is 5.52 Å². The summed E-state index contributed by atoms with van der Waals surface area (Å²) in [5.74, 6) is -0.283. The zero-order valence-corrected chi connectivity index (χ0v) is 23.6. The van der Waals surface area contributed by atoms with Gasteiger partial charge in [-0.05, 0) is 36.4 Å². The van der Waals surface area contributed by atoms with E-state index in [0.29, 0.717) is 23.7 Å². The Bertz CT molecular complexity index is 1470. The molecule has 204 valence electrons. The van der Waals surface area contributed by atoms with Crippen molar-refractivity contribution < 1.29 is 13.2 Å². The number of piperazine rings is 1. The second-order valence-corrected chi connectivity index (χ2v) is 12.3. The lowest BCUT2D eigenvalue weighted by molar-refractivity contribution is 0.0947. The molecule has 3 aromatic rings. The van der Waals surface area contributed by atoms with Crippen molar-refractivity contribution in [2.24, 2.45) is 0 Å². The molecule has 1 saturated heterocycles. The molecule has 0 unspecified atom stereocenters. The molecule has 10 nitrogen and oxygen atoms in total. The van der Waals surface area contributed by atoms with Gasteiger partial charge in [-0.15, -0.1) is 0 Å². The highest BCUT2D eigenvalue weighted by Crippen LogP contribution is 2.33. The number of fused-ring (bicyclic) bond motifs is 1. The van der Waals surface area contributed by atoms with Crippen molar-refractivity contribution >= 4 is 54.2 Å². The molecular formula is C26H28ClN7O3S2. The number of halogens is 1. The highest BCUT2D eigenvalue weighted by molar-refractivity contribution is 7.89. The fraction of sp³-hybridized carbons (Fsp3) is 0.385. The number of benzene rings is 2. The van der Waals surface area contributed by atoms with E-state index in [1.165, 1.54) is 24.3 Å². The first kappa shape index (κ1) is 28.7. The molecule has 1 aliphatic rings. The van der Waals surface area contributed by atoms with Gasteiger partial charge in [0.15, 0.2) is 5.13 Å². The Labute approximate surface area is 237 Å². The largest absolute Gasteiger partial charge is 0.351 e. The number of carbonyl (C=O) groups excluding carboxylic acids is 1. The highest BCUT2D eigenvalue weighted by Gasteiger charge is 2.24. The van der Waals surface area contributed by atoms with Crippen LogP contribution in [0.1, 0.15) is 23.2 Å². The summed E-state index contributed by atoms with van der Waals surface area (Å²) in [5.41, 5.74) is 1.19. The quantitative estimate of drug-likeness (QED) is 0.362. The molecule has 0 spiro atoms. The molecule has 0 aliphatic carbocycles. The van der Waals surface area contributed by atoms with Crippen LogP contribution in [0.5, 0.6) is 0 Å². The van der Waals surface area contributed by atoms with E-state index in [0.717, 1.165) is 45.8 Å². The van der Waals surface area contributed by atoms with Crippen LogP contribution in [0.2, 0.25) is 5.02 Å². The average Bonchev–Trinajstić information content (AvgIpc) is 3.39. The predicted molar refractivity (Wildman–Crippen MR) is 151 cm³/mol. The summed E-state index contributed by atoms with van der Waals surface area (Å²) in [6.45, 7) is 4.54. The van der Waals surface area contributed by atoms with E-state index in [1.54, 1.807) is 11.3 Å². The second kappa shape index (κ2) is 13.2. The molecule has 0 radical (unpaired) electrons. The van der Waals surface area contributed by atoms with E-state index in [9.17, 15) is 13.2 Å². The minimum Gasteiger partial charge on any atom is -0.351 e. The smallest absolute Gasteiger partial charge is 0.251 e. The molecule has 0 atom stereocenters. The number of sulfonamides is 1. The number of rotatable bonds is 11. The number of hydrogen-bond acceptors (Lipinski definition) is 9. The topological polar surface area (TPSA) is 133 Å². The lowest BCUT2D eigenvalue weighted by Crippen LogP contribution is -2.48. The number of nitrogens with one attached hydrogen (secondary N) is 1. The third kappa shape index (κ3) is 7.04. The summed E-state index contributed by atoms with van der Waals surface area (Å²) in [7, 11) is -3.88. The minimum atomic E-state index is -3.88. The van der Waals surface area contributed by atoms with Gasteiger partial charge < -0.3 is 10.2 Å². The van der Waals surface area contributed by atoms with Gasteiger partial charge in [0.25, 0.3) is 5.91 Å². The van der Waals surface area contributed by atoms with Crippen LogP contribution in [0.4, 0.5) is 5.13 Å². The highest BCUT2D eigenvalue weighted by atomic mass is 35.5. The van der Waals surface area contributed by atoms with E-state index < -0.39 is 10.0 Å². The van der Waals surface area contributed by atoms with Crippen LogP contribution in [0.25, 0.3) is 10.2 Å². The van der Waals surface area contributed by atoms with Crippen LogP contribution >= 0.6 is 22.9 Å². The lowest BCUT2D eigenvalue weighted by atomic mass is 10.2. The van der Waals surface area contributed by atoms with Crippen molar-refractivity contribution in [2.75, 3.05) is 57.3 Å². The number of nitrogens with zero attached hydrogens (tertiary/aromatic N) is 6. The van der Waals surface area contributed by atoms with E-state index in [2.05, 4.69) is 15.1 Å². The third-order valence-electron chi connectivity index (χ3n) is 6.42.